The van der Waals surface area contributed by atoms with Crippen LogP contribution in [0.5, 0.6) is 11.5 Å². The van der Waals surface area contributed by atoms with Crippen LogP contribution < -0.4 is 15.2 Å². The number of likely N-dealkylation sites (tertiary alicyclic amines) is 1. The number of aryl methyl sites for hydroxylation is 1. The van der Waals surface area contributed by atoms with Crippen LogP contribution in [0.1, 0.15) is 40.0 Å². The summed E-state index contributed by atoms with van der Waals surface area (Å²) in [6, 6.07) is 3.82. The van der Waals surface area contributed by atoms with Gasteiger partial charge in [-0.25, -0.2) is 19.7 Å². The summed E-state index contributed by atoms with van der Waals surface area (Å²) in [6.45, 7) is 7.22. The molecule has 43 heavy (non-hydrogen) atoms. The molecule has 0 aliphatic carbocycles. The SMILES string of the molecule is CC(OC(=O)C1COC(C)(C)O1)C(=O)N1CCC(CCn2c(Sc3cc4c(cc3Br)OCO4)nc3c(N)ncnc32)CC1. The minimum Gasteiger partial charge on any atom is -0.454 e. The van der Waals surface area contributed by atoms with Gasteiger partial charge in [0.05, 0.1) is 6.61 Å². The van der Waals surface area contributed by atoms with Crippen molar-refractivity contribution < 1.29 is 33.3 Å². The maximum atomic E-state index is 13.0. The van der Waals surface area contributed by atoms with Crippen molar-refractivity contribution in [1.82, 2.24) is 24.4 Å². The molecule has 2 aromatic heterocycles. The zero-order valence-electron chi connectivity index (χ0n) is 24.1. The number of nitrogens with two attached hydrogens (primary N) is 1. The quantitative estimate of drug-likeness (QED) is 0.346. The summed E-state index contributed by atoms with van der Waals surface area (Å²) in [4.78, 5) is 41.6. The number of esters is 1. The van der Waals surface area contributed by atoms with Crippen molar-refractivity contribution in [2.45, 2.75) is 74.6 Å². The van der Waals surface area contributed by atoms with Gasteiger partial charge in [0.25, 0.3) is 5.91 Å². The van der Waals surface area contributed by atoms with Gasteiger partial charge in [0.15, 0.2) is 51.6 Å². The molecule has 0 bridgehead atoms. The smallest absolute Gasteiger partial charge is 0.338 e. The molecule has 2 N–H and O–H groups in total. The second-order valence-electron chi connectivity index (χ2n) is 11.2. The maximum Gasteiger partial charge on any atom is 0.338 e. The standard InChI is InChI=1S/C28H33BrN6O7S/c1-15(41-26(37)20-12-40-28(2,3)42-20)25(36)34-7-4-16(5-8-34)6-9-35-24-22(23(30)31-13-32-24)33-27(35)43-21-11-19-18(10-17(21)29)38-14-39-19/h10-11,13,15-16,20H,4-9,12,14H2,1-3H3,(H2,30,31,32). The number of halogens is 1. The summed E-state index contributed by atoms with van der Waals surface area (Å²) in [6.07, 6.45) is 2.26. The molecular formula is C28H33BrN6O7S. The van der Waals surface area contributed by atoms with Gasteiger partial charge in [0.1, 0.15) is 6.33 Å². The zero-order chi connectivity index (χ0) is 30.3. The Hall–Kier alpha value is -3.14. The van der Waals surface area contributed by atoms with E-state index in [0.29, 0.717) is 54.0 Å². The van der Waals surface area contributed by atoms with Gasteiger partial charge in [-0.05, 0) is 74.0 Å². The normalized spacial score (nSPS) is 20.5. The molecule has 3 aromatic rings. The van der Waals surface area contributed by atoms with Crippen molar-refractivity contribution in [1.29, 1.82) is 0 Å². The first kappa shape index (κ1) is 29.9. The van der Waals surface area contributed by atoms with Crippen molar-refractivity contribution >= 4 is 56.6 Å². The van der Waals surface area contributed by atoms with Gasteiger partial charge in [-0.1, -0.05) is 11.8 Å². The number of aromatic nitrogens is 4. The summed E-state index contributed by atoms with van der Waals surface area (Å²) in [5.74, 6) is 0.462. The molecule has 0 saturated carbocycles. The number of hydrogen-bond donors (Lipinski definition) is 1. The van der Waals surface area contributed by atoms with E-state index < -0.39 is 24.0 Å². The molecule has 6 rings (SSSR count). The summed E-state index contributed by atoms with van der Waals surface area (Å²) < 4.78 is 30.4. The third-order valence-corrected chi connectivity index (χ3v) is 9.72. The number of rotatable bonds is 8. The monoisotopic (exact) mass is 676 g/mol. The Morgan fingerprint density at radius 3 is 2.67 bits per heavy atom. The van der Waals surface area contributed by atoms with Crippen LogP contribution in [0, 0.1) is 5.92 Å². The van der Waals surface area contributed by atoms with E-state index in [1.54, 1.807) is 25.7 Å². The van der Waals surface area contributed by atoms with Crippen LogP contribution in [-0.4, -0.2) is 80.8 Å². The molecule has 230 valence electrons. The average molecular weight is 678 g/mol. The molecular weight excluding hydrogens is 644 g/mol. The topological polar surface area (TPSA) is 153 Å². The van der Waals surface area contributed by atoms with Crippen molar-refractivity contribution in [3.05, 3.63) is 22.9 Å². The molecule has 0 radical (unpaired) electrons. The Labute approximate surface area is 260 Å². The van der Waals surface area contributed by atoms with Gasteiger partial charge in [-0.15, -0.1) is 0 Å². The molecule has 0 spiro atoms. The highest BCUT2D eigenvalue weighted by atomic mass is 79.9. The van der Waals surface area contributed by atoms with Crippen LogP contribution in [0.3, 0.4) is 0 Å². The Morgan fingerprint density at radius 1 is 1.21 bits per heavy atom. The number of imidazole rings is 1. The Bertz CT molecular complexity index is 1540. The minimum absolute atomic E-state index is 0.108. The number of nitrogen functional groups attached to an aromatic ring is 1. The van der Waals surface area contributed by atoms with E-state index in [1.165, 1.54) is 18.1 Å². The Kier molecular flexibility index (Phi) is 8.41. The molecule has 1 amide bonds. The van der Waals surface area contributed by atoms with E-state index in [9.17, 15) is 9.59 Å². The van der Waals surface area contributed by atoms with Crippen LogP contribution in [0.25, 0.3) is 11.2 Å². The second-order valence-corrected chi connectivity index (χ2v) is 13.0. The highest BCUT2D eigenvalue weighted by Crippen LogP contribution is 2.43. The number of nitrogens with zero attached hydrogens (tertiary/aromatic N) is 5. The van der Waals surface area contributed by atoms with E-state index in [2.05, 4.69) is 30.5 Å². The van der Waals surface area contributed by atoms with Crippen LogP contribution in [-0.2, 0) is 30.3 Å². The summed E-state index contributed by atoms with van der Waals surface area (Å²) >= 11 is 5.12. The third kappa shape index (κ3) is 6.40. The number of hydrogen-bond acceptors (Lipinski definition) is 12. The van der Waals surface area contributed by atoms with Gasteiger partial charge in [-0.3, -0.25) is 4.79 Å². The van der Waals surface area contributed by atoms with Crippen LogP contribution in [0.4, 0.5) is 5.82 Å². The lowest BCUT2D eigenvalue weighted by Gasteiger charge is -2.33. The largest absolute Gasteiger partial charge is 0.454 e. The number of anilines is 1. The highest BCUT2D eigenvalue weighted by molar-refractivity contribution is 9.10. The molecule has 2 saturated heterocycles. The number of carbonyl (C=O) groups excluding carboxylic acids is 2. The van der Waals surface area contributed by atoms with Crippen molar-refractivity contribution in [3.8, 4) is 11.5 Å². The minimum atomic E-state index is -0.895. The van der Waals surface area contributed by atoms with E-state index in [-0.39, 0.29) is 19.3 Å². The first-order chi connectivity index (χ1) is 20.6. The average Bonchev–Trinajstić information content (AvgIpc) is 3.69. The van der Waals surface area contributed by atoms with Gasteiger partial charge < -0.3 is 38.9 Å². The maximum absolute atomic E-state index is 13.0. The molecule has 3 aliphatic heterocycles. The molecule has 5 heterocycles. The fourth-order valence-corrected chi connectivity index (χ4v) is 6.91. The fourth-order valence-electron chi connectivity index (χ4n) is 5.40. The van der Waals surface area contributed by atoms with E-state index in [4.69, 9.17) is 34.4 Å². The van der Waals surface area contributed by atoms with Crippen LogP contribution in [0.2, 0.25) is 0 Å². The van der Waals surface area contributed by atoms with E-state index in [1.807, 2.05) is 12.1 Å². The number of amides is 1. The number of ether oxygens (including phenoxy) is 5. The first-order valence-corrected chi connectivity index (χ1v) is 15.7. The van der Waals surface area contributed by atoms with Crippen LogP contribution >= 0.6 is 27.7 Å². The summed E-state index contributed by atoms with van der Waals surface area (Å²) in [5, 5.41) is 0.741. The molecule has 2 atom stereocenters. The molecule has 2 fully saturated rings. The van der Waals surface area contributed by atoms with Crippen molar-refractivity contribution in [2.75, 3.05) is 32.2 Å². The van der Waals surface area contributed by atoms with Gasteiger partial charge >= 0.3 is 5.97 Å². The van der Waals surface area contributed by atoms with Gasteiger partial charge in [0.2, 0.25) is 6.79 Å². The number of fused-ring (bicyclic) bond motifs is 2. The summed E-state index contributed by atoms with van der Waals surface area (Å²) in [5.41, 5.74) is 7.39. The molecule has 1 aromatic carbocycles. The van der Waals surface area contributed by atoms with Gasteiger partial charge in [-0.2, -0.15) is 0 Å². The number of piperidine rings is 1. The Morgan fingerprint density at radius 2 is 1.95 bits per heavy atom. The van der Waals surface area contributed by atoms with E-state index in [0.717, 1.165) is 33.8 Å². The first-order valence-electron chi connectivity index (χ1n) is 14.1. The second kappa shape index (κ2) is 12.1. The molecule has 13 nitrogen and oxygen atoms in total. The van der Waals surface area contributed by atoms with Crippen LogP contribution in [0.15, 0.2) is 33.0 Å². The predicted octanol–water partition coefficient (Wildman–Crippen LogP) is 3.76. The number of carbonyl (C=O) groups is 2. The van der Waals surface area contributed by atoms with E-state index >= 15 is 0 Å². The zero-order valence-corrected chi connectivity index (χ0v) is 26.5. The highest BCUT2D eigenvalue weighted by Gasteiger charge is 2.39. The summed E-state index contributed by atoms with van der Waals surface area (Å²) in [7, 11) is 0. The lowest BCUT2D eigenvalue weighted by Crippen LogP contribution is -2.45. The number of benzene rings is 1. The Balaban J connectivity index is 1.07. The fraction of sp³-hybridized carbons (Fsp3) is 0.536. The third-order valence-electron chi connectivity index (χ3n) is 7.75. The predicted molar refractivity (Wildman–Crippen MR) is 159 cm³/mol. The lowest BCUT2D eigenvalue weighted by atomic mass is 9.93. The van der Waals surface area contributed by atoms with Crippen molar-refractivity contribution in [2.24, 2.45) is 5.92 Å². The molecule has 2 unspecified atom stereocenters. The van der Waals surface area contributed by atoms with Crippen molar-refractivity contribution in [3.63, 3.8) is 0 Å². The molecule has 15 heteroatoms. The lowest BCUT2D eigenvalue weighted by molar-refractivity contribution is -0.177. The van der Waals surface area contributed by atoms with Gasteiger partial charge in [0, 0.05) is 29.0 Å². The molecule has 3 aliphatic rings.